The lowest BCUT2D eigenvalue weighted by Gasteiger charge is -2.52. The van der Waals surface area contributed by atoms with Crippen LogP contribution in [0.2, 0.25) is 0 Å². The number of hydrogen-bond donors (Lipinski definition) is 0. The van der Waals surface area contributed by atoms with E-state index in [1.165, 1.54) is 0 Å². The Morgan fingerprint density at radius 2 is 2.10 bits per heavy atom. The third-order valence-electron chi connectivity index (χ3n) is 5.07. The molecule has 21 heavy (non-hydrogen) atoms. The molecule has 3 heterocycles. The topological polar surface area (TPSA) is 42.0 Å². The summed E-state index contributed by atoms with van der Waals surface area (Å²) in [6, 6.07) is 0. The largest absolute Gasteiger partial charge is 0.372 e. The number of nitrogens with zero attached hydrogens (tertiary/aromatic N) is 2. The molecular weight excluding hydrogens is 268 g/mol. The standard InChI is InChI=1S/C16H28N2O3/c1-17-12-16(13-17)10-14(5-9-21-16)4-8-20-11-15(19)18-6-2-3-7-18/h14H,2-13H2,1H3/t14-/m1/s1. The summed E-state index contributed by atoms with van der Waals surface area (Å²) >= 11 is 0. The van der Waals surface area contributed by atoms with Crippen LogP contribution in [0.3, 0.4) is 0 Å². The lowest BCUT2D eigenvalue weighted by atomic mass is 9.79. The summed E-state index contributed by atoms with van der Waals surface area (Å²) in [6.07, 6.45) is 5.63. The van der Waals surface area contributed by atoms with Crippen LogP contribution >= 0.6 is 0 Å². The lowest BCUT2D eigenvalue weighted by Crippen LogP contribution is -2.63. The van der Waals surface area contributed by atoms with Crippen molar-refractivity contribution in [3.8, 4) is 0 Å². The Kier molecular flexibility index (Phi) is 4.82. The molecule has 0 unspecified atom stereocenters. The minimum atomic E-state index is 0.128. The average molecular weight is 296 g/mol. The molecule has 0 bridgehead atoms. The van der Waals surface area contributed by atoms with Crippen LogP contribution in [0.5, 0.6) is 0 Å². The molecule has 0 N–H and O–H groups in total. The molecule has 0 radical (unpaired) electrons. The molecule has 120 valence electrons. The van der Waals surface area contributed by atoms with Gasteiger partial charge in [-0.05, 0) is 45.1 Å². The fourth-order valence-corrected chi connectivity index (χ4v) is 4.00. The van der Waals surface area contributed by atoms with Crippen molar-refractivity contribution >= 4 is 5.91 Å². The van der Waals surface area contributed by atoms with Crippen LogP contribution in [0.4, 0.5) is 0 Å². The van der Waals surface area contributed by atoms with E-state index in [0.717, 1.165) is 64.9 Å². The van der Waals surface area contributed by atoms with Gasteiger partial charge in [0, 0.05) is 39.4 Å². The van der Waals surface area contributed by atoms with Crippen molar-refractivity contribution in [2.75, 3.05) is 53.0 Å². The average Bonchev–Trinajstić information content (AvgIpc) is 2.96. The summed E-state index contributed by atoms with van der Waals surface area (Å²) in [7, 11) is 2.14. The van der Waals surface area contributed by atoms with E-state index in [0.29, 0.717) is 12.5 Å². The third-order valence-corrected chi connectivity index (χ3v) is 5.07. The fourth-order valence-electron chi connectivity index (χ4n) is 4.00. The molecule has 0 aromatic heterocycles. The summed E-state index contributed by atoms with van der Waals surface area (Å²) in [5.41, 5.74) is 0.128. The zero-order valence-corrected chi connectivity index (χ0v) is 13.2. The van der Waals surface area contributed by atoms with E-state index in [4.69, 9.17) is 9.47 Å². The highest BCUT2D eigenvalue weighted by Crippen LogP contribution is 2.37. The van der Waals surface area contributed by atoms with E-state index >= 15 is 0 Å². The van der Waals surface area contributed by atoms with Crippen LogP contribution in [-0.2, 0) is 14.3 Å². The highest BCUT2D eigenvalue weighted by molar-refractivity contribution is 5.77. The Balaban J connectivity index is 1.31. The lowest BCUT2D eigenvalue weighted by molar-refractivity contribution is -0.173. The molecule has 0 aliphatic carbocycles. The zero-order chi connectivity index (χ0) is 14.7. The summed E-state index contributed by atoms with van der Waals surface area (Å²) in [4.78, 5) is 16.1. The molecule has 0 aromatic carbocycles. The van der Waals surface area contributed by atoms with Crippen molar-refractivity contribution in [1.82, 2.24) is 9.80 Å². The number of hydrogen-bond acceptors (Lipinski definition) is 4. The maximum atomic E-state index is 11.9. The van der Waals surface area contributed by atoms with Crippen LogP contribution in [0.15, 0.2) is 0 Å². The maximum absolute atomic E-state index is 11.9. The molecule has 0 saturated carbocycles. The third kappa shape index (κ3) is 3.76. The molecular formula is C16H28N2O3. The summed E-state index contributed by atoms with van der Waals surface area (Å²) in [5.74, 6) is 0.853. The highest BCUT2D eigenvalue weighted by atomic mass is 16.5. The van der Waals surface area contributed by atoms with Crippen LogP contribution in [0.25, 0.3) is 0 Å². The molecule has 3 aliphatic heterocycles. The second-order valence-corrected chi connectivity index (χ2v) is 6.99. The quantitative estimate of drug-likeness (QED) is 0.713. The van der Waals surface area contributed by atoms with Crippen molar-refractivity contribution in [2.24, 2.45) is 5.92 Å². The van der Waals surface area contributed by atoms with Gasteiger partial charge in [0.15, 0.2) is 0 Å². The van der Waals surface area contributed by atoms with Gasteiger partial charge in [-0.25, -0.2) is 0 Å². The Morgan fingerprint density at radius 1 is 1.33 bits per heavy atom. The first kappa shape index (κ1) is 15.3. The number of likely N-dealkylation sites (N-methyl/N-ethyl adjacent to an activating group) is 1. The minimum absolute atomic E-state index is 0.128. The van der Waals surface area contributed by atoms with E-state index in [-0.39, 0.29) is 18.1 Å². The maximum Gasteiger partial charge on any atom is 0.248 e. The van der Waals surface area contributed by atoms with E-state index in [1.54, 1.807) is 0 Å². The van der Waals surface area contributed by atoms with Gasteiger partial charge in [-0.2, -0.15) is 0 Å². The van der Waals surface area contributed by atoms with E-state index in [1.807, 2.05) is 4.90 Å². The predicted octanol–water partition coefficient (Wildman–Crippen LogP) is 1.13. The monoisotopic (exact) mass is 296 g/mol. The second-order valence-electron chi connectivity index (χ2n) is 6.99. The number of amides is 1. The molecule has 3 fully saturated rings. The molecule has 3 rings (SSSR count). The summed E-state index contributed by atoms with van der Waals surface area (Å²) in [5, 5.41) is 0. The molecule has 5 nitrogen and oxygen atoms in total. The van der Waals surface area contributed by atoms with Gasteiger partial charge < -0.3 is 19.3 Å². The van der Waals surface area contributed by atoms with Crippen molar-refractivity contribution in [3.63, 3.8) is 0 Å². The van der Waals surface area contributed by atoms with Gasteiger partial charge in [-0.15, -0.1) is 0 Å². The Bertz CT molecular complexity index is 357. The first-order chi connectivity index (χ1) is 10.2. The van der Waals surface area contributed by atoms with E-state index < -0.39 is 0 Å². The highest BCUT2D eigenvalue weighted by Gasteiger charge is 2.45. The number of carbonyl (C=O) groups excluding carboxylic acids is 1. The molecule has 1 spiro atoms. The Morgan fingerprint density at radius 3 is 2.81 bits per heavy atom. The molecule has 3 aliphatic rings. The Hall–Kier alpha value is -0.650. The Labute approximate surface area is 127 Å². The SMILES string of the molecule is CN1CC2(C[C@H](CCOCC(=O)N3CCCC3)CCO2)C1. The van der Waals surface area contributed by atoms with Gasteiger partial charge in [0.05, 0.1) is 5.60 Å². The van der Waals surface area contributed by atoms with Crippen molar-refractivity contribution < 1.29 is 14.3 Å². The van der Waals surface area contributed by atoms with Crippen LogP contribution in [0.1, 0.15) is 32.1 Å². The number of likely N-dealkylation sites (tertiary alicyclic amines) is 2. The first-order valence-corrected chi connectivity index (χ1v) is 8.35. The fraction of sp³-hybridized carbons (Fsp3) is 0.938. The molecule has 5 heteroatoms. The van der Waals surface area contributed by atoms with E-state index in [9.17, 15) is 4.79 Å². The molecule has 3 saturated heterocycles. The van der Waals surface area contributed by atoms with Crippen molar-refractivity contribution in [1.29, 1.82) is 0 Å². The smallest absolute Gasteiger partial charge is 0.248 e. The first-order valence-electron chi connectivity index (χ1n) is 8.35. The van der Waals surface area contributed by atoms with Crippen molar-refractivity contribution in [3.05, 3.63) is 0 Å². The van der Waals surface area contributed by atoms with Crippen molar-refractivity contribution in [2.45, 2.75) is 37.7 Å². The van der Waals surface area contributed by atoms with Gasteiger partial charge in [0.1, 0.15) is 6.61 Å². The van der Waals surface area contributed by atoms with Gasteiger partial charge in [-0.1, -0.05) is 0 Å². The normalized spacial score (nSPS) is 28.8. The zero-order valence-electron chi connectivity index (χ0n) is 13.2. The van der Waals surface area contributed by atoms with Gasteiger partial charge in [0.2, 0.25) is 5.91 Å². The van der Waals surface area contributed by atoms with Gasteiger partial charge in [-0.3, -0.25) is 4.79 Å². The van der Waals surface area contributed by atoms with Crippen LogP contribution < -0.4 is 0 Å². The number of ether oxygens (including phenoxy) is 2. The van der Waals surface area contributed by atoms with Crippen LogP contribution in [0, 0.1) is 5.92 Å². The second kappa shape index (κ2) is 6.63. The molecule has 0 aromatic rings. The molecule has 1 atom stereocenters. The summed E-state index contributed by atoms with van der Waals surface area (Å²) < 4.78 is 11.6. The number of carbonyl (C=O) groups is 1. The number of rotatable bonds is 5. The summed E-state index contributed by atoms with van der Waals surface area (Å²) in [6.45, 7) is 5.81. The van der Waals surface area contributed by atoms with Gasteiger partial charge >= 0.3 is 0 Å². The van der Waals surface area contributed by atoms with E-state index in [2.05, 4.69) is 11.9 Å². The molecule has 1 amide bonds. The van der Waals surface area contributed by atoms with Gasteiger partial charge in [0.25, 0.3) is 0 Å². The minimum Gasteiger partial charge on any atom is -0.372 e. The predicted molar refractivity (Wildman–Crippen MR) is 80.2 cm³/mol. The van der Waals surface area contributed by atoms with Crippen LogP contribution in [-0.4, -0.2) is 74.4 Å².